The Morgan fingerprint density at radius 3 is 2.97 bits per heavy atom. The van der Waals surface area contributed by atoms with Gasteiger partial charge < -0.3 is 25.2 Å². The molecule has 0 radical (unpaired) electrons. The van der Waals surface area contributed by atoms with Crippen LogP contribution in [0.2, 0.25) is 0 Å². The molecule has 2 amide bonds. The second kappa shape index (κ2) is 10.3. The second-order valence-electron chi connectivity index (χ2n) is 8.65. The van der Waals surface area contributed by atoms with E-state index in [4.69, 9.17) is 9.84 Å². The number of hydrogen-bond donors (Lipinski definition) is 4. The number of H-pyrrole nitrogens is 1. The highest BCUT2D eigenvalue weighted by atomic mass is 16.5. The first-order valence-corrected chi connectivity index (χ1v) is 11.7. The number of urea groups is 1. The van der Waals surface area contributed by atoms with Crippen molar-refractivity contribution in [3.63, 3.8) is 0 Å². The number of aliphatic hydroxyl groups is 2. The molecule has 2 atom stereocenters. The Balaban J connectivity index is 1.34. The van der Waals surface area contributed by atoms with E-state index < -0.39 is 12.7 Å². The number of aromatic nitrogens is 5. The van der Waals surface area contributed by atoms with Crippen LogP contribution >= 0.6 is 0 Å². The fourth-order valence-electron chi connectivity index (χ4n) is 4.36. The van der Waals surface area contributed by atoms with Crippen molar-refractivity contribution in [2.24, 2.45) is 0 Å². The number of ether oxygens (including phenoxy) is 1. The molecule has 2 aliphatic heterocycles. The number of anilines is 3. The summed E-state index contributed by atoms with van der Waals surface area (Å²) in [6, 6.07) is 9.87. The van der Waals surface area contributed by atoms with Gasteiger partial charge in [0, 0.05) is 37.7 Å². The third kappa shape index (κ3) is 4.97. The summed E-state index contributed by atoms with van der Waals surface area (Å²) in [5, 5.41) is 34.9. The molecule has 2 bridgehead atoms. The maximum atomic E-state index is 13.4. The van der Waals surface area contributed by atoms with Gasteiger partial charge in [-0.05, 0) is 30.7 Å². The predicted octanol–water partition coefficient (Wildman–Crippen LogP) is 0.773. The molecule has 1 aromatic carbocycles. The van der Waals surface area contributed by atoms with E-state index in [0.717, 1.165) is 18.7 Å². The minimum absolute atomic E-state index is 0.0707. The Labute approximate surface area is 206 Å². The number of aromatic amines is 1. The number of nitrogens with one attached hydrogen (secondary N) is 2. The molecule has 2 aromatic heterocycles. The van der Waals surface area contributed by atoms with Crippen LogP contribution in [0.3, 0.4) is 0 Å². The summed E-state index contributed by atoms with van der Waals surface area (Å²) in [5.41, 5.74) is 1.59. The molecule has 36 heavy (non-hydrogen) atoms. The molecule has 13 heteroatoms. The SMILES string of the molecule is O=C(CCc1nn[nH]n1)c1ccc2c(n1)N(C(=O)Nc1cccc(OC[C@H](O)CO)c1)[C@H]1CCN2C1. The van der Waals surface area contributed by atoms with E-state index >= 15 is 0 Å². The summed E-state index contributed by atoms with van der Waals surface area (Å²) < 4.78 is 5.48. The molecular formula is C23H26N8O5. The zero-order valence-corrected chi connectivity index (χ0v) is 19.4. The molecule has 4 N–H and O–H groups in total. The zero-order valence-electron chi connectivity index (χ0n) is 19.4. The molecule has 1 saturated heterocycles. The van der Waals surface area contributed by atoms with Gasteiger partial charge in [-0.2, -0.15) is 5.21 Å². The van der Waals surface area contributed by atoms with Gasteiger partial charge in [0.1, 0.15) is 24.2 Å². The number of pyridine rings is 1. The average Bonchev–Trinajstić information content (AvgIpc) is 3.57. The van der Waals surface area contributed by atoms with Crippen molar-refractivity contribution in [2.45, 2.75) is 31.4 Å². The van der Waals surface area contributed by atoms with E-state index in [1.165, 1.54) is 0 Å². The third-order valence-corrected chi connectivity index (χ3v) is 6.16. The lowest BCUT2D eigenvalue weighted by Crippen LogP contribution is -2.48. The first-order chi connectivity index (χ1) is 17.5. The molecule has 0 spiro atoms. The summed E-state index contributed by atoms with van der Waals surface area (Å²) in [4.78, 5) is 34.6. The van der Waals surface area contributed by atoms with Gasteiger partial charge in [-0.25, -0.2) is 9.78 Å². The normalized spacial score (nSPS) is 17.0. The van der Waals surface area contributed by atoms with E-state index in [1.54, 1.807) is 35.2 Å². The summed E-state index contributed by atoms with van der Waals surface area (Å²) in [6.45, 7) is 1.01. The summed E-state index contributed by atoms with van der Waals surface area (Å²) in [5.74, 6) is 1.17. The van der Waals surface area contributed by atoms with Gasteiger partial charge in [-0.3, -0.25) is 9.69 Å². The number of rotatable bonds is 9. The van der Waals surface area contributed by atoms with Crippen LogP contribution in [0.25, 0.3) is 0 Å². The maximum absolute atomic E-state index is 13.4. The smallest absolute Gasteiger partial charge is 0.327 e. The summed E-state index contributed by atoms with van der Waals surface area (Å²) >= 11 is 0. The number of nitrogens with zero attached hydrogens (tertiary/aromatic N) is 6. The van der Waals surface area contributed by atoms with Crippen LogP contribution in [0.1, 0.15) is 29.2 Å². The number of fused-ring (bicyclic) bond motifs is 4. The number of benzene rings is 1. The number of Topliss-reactive ketones (excluding diaryl/α,β-unsaturated/α-hetero) is 1. The van der Waals surface area contributed by atoms with Crippen molar-refractivity contribution in [2.75, 3.05) is 41.4 Å². The Hall–Kier alpha value is -4.10. The van der Waals surface area contributed by atoms with Crippen molar-refractivity contribution in [3.8, 4) is 5.75 Å². The van der Waals surface area contributed by atoms with Crippen molar-refractivity contribution in [3.05, 3.63) is 47.9 Å². The van der Waals surface area contributed by atoms with Gasteiger partial charge in [-0.1, -0.05) is 11.3 Å². The first-order valence-electron chi connectivity index (χ1n) is 11.7. The molecule has 4 heterocycles. The van der Waals surface area contributed by atoms with Crippen LogP contribution in [-0.2, 0) is 6.42 Å². The van der Waals surface area contributed by atoms with Crippen molar-refractivity contribution < 1.29 is 24.5 Å². The monoisotopic (exact) mass is 494 g/mol. The van der Waals surface area contributed by atoms with E-state index in [0.29, 0.717) is 36.0 Å². The van der Waals surface area contributed by atoms with Crippen LogP contribution < -0.4 is 19.9 Å². The lowest BCUT2D eigenvalue weighted by Gasteiger charge is -2.35. The van der Waals surface area contributed by atoms with Crippen LogP contribution in [0.5, 0.6) is 5.75 Å². The van der Waals surface area contributed by atoms with E-state index in [1.807, 2.05) is 6.07 Å². The molecule has 0 aliphatic carbocycles. The Morgan fingerprint density at radius 1 is 1.28 bits per heavy atom. The van der Waals surface area contributed by atoms with Gasteiger partial charge in [0.15, 0.2) is 17.4 Å². The fourth-order valence-corrected chi connectivity index (χ4v) is 4.36. The van der Waals surface area contributed by atoms with Crippen LogP contribution in [0, 0.1) is 0 Å². The molecule has 1 fully saturated rings. The van der Waals surface area contributed by atoms with E-state index in [2.05, 4.69) is 35.8 Å². The van der Waals surface area contributed by atoms with Crippen molar-refractivity contribution in [1.29, 1.82) is 0 Å². The molecule has 0 saturated carbocycles. The molecule has 188 valence electrons. The highest BCUT2D eigenvalue weighted by Gasteiger charge is 2.40. The fraction of sp³-hybridized carbons (Fsp3) is 0.391. The van der Waals surface area contributed by atoms with E-state index in [9.17, 15) is 14.7 Å². The quantitative estimate of drug-likeness (QED) is 0.312. The van der Waals surface area contributed by atoms with Crippen molar-refractivity contribution in [1.82, 2.24) is 25.6 Å². The highest BCUT2D eigenvalue weighted by molar-refractivity contribution is 6.05. The predicted molar refractivity (Wildman–Crippen MR) is 128 cm³/mol. The number of tetrazole rings is 1. The minimum Gasteiger partial charge on any atom is -0.491 e. The number of ketones is 1. The van der Waals surface area contributed by atoms with E-state index in [-0.39, 0.29) is 36.6 Å². The highest BCUT2D eigenvalue weighted by Crippen LogP contribution is 2.39. The van der Waals surface area contributed by atoms with Gasteiger partial charge in [0.25, 0.3) is 0 Å². The number of amides is 2. The standard InChI is InChI=1S/C23H26N8O5/c32-12-16(33)13-36-17-3-1-2-14(10-17)24-23(35)31-15-8-9-30(11-15)19-5-4-18(25-22(19)31)20(34)6-7-21-26-28-29-27-21/h1-5,10,15-16,32-33H,6-9,11-13H2,(H,24,35)(H,26,27,28,29)/t15-,16+/m0/s1. The first kappa shape index (κ1) is 23.6. The third-order valence-electron chi connectivity index (χ3n) is 6.16. The molecule has 13 nitrogen and oxygen atoms in total. The largest absolute Gasteiger partial charge is 0.491 e. The molecular weight excluding hydrogens is 468 g/mol. The molecule has 2 aliphatic rings. The lowest BCUT2D eigenvalue weighted by atomic mass is 10.1. The lowest BCUT2D eigenvalue weighted by molar-refractivity contribution is 0.0536. The number of aryl methyl sites for hydroxylation is 1. The second-order valence-corrected chi connectivity index (χ2v) is 8.65. The summed E-state index contributed by atoms with van der Waals surface area (Å²) in [6.07, 6.45) is 0.296. The van der Waals surface area contributed by atoms with Gasteiger partial charge in [0.05, 0.1) is 18.3 Å². The zero-order chi connectivity index (χ0) is 25.1. The molecule has 0 unspecified atom stereocenters. The van der Waals surface area contributed by atoms with Crippen LogP contribution in [-0.4, -0.2) is 86.1 Å². The van der Waals surface area contributed by atoms with Gasteiger partial charge in [0.2, 0.25) is 0 Å². The number of carbonyl (C=O) groups is 2. The molecule has 5 rings (SSSR count). The number of aliphatic hydroxyl groups excluding tert-OH is 2. The Bertz CT molecular complexity index is 1240. The van der Waals surface area contributed by atoms with Crippen LogP contribution in [0.4, 0.5) is 22.0 Å². The Kier molecular flexibility index (Phi) is 6.73. The number of carbonyl (C=O) groups excluding carboxylic acids is 2. The number of hydrogen-bond acceptors (Lipinski definition) is 10. The topological polar surface area (TPSA) is 170 Å². The van der Waals surface area contributed by atoms with Crippen LogP contribution in [0.15, 0.2) is 36.4 Å². The van der Waals surface area contributed by atoms with Gasteiger partial charge in [-0.15, -0.1) is 10.2 Å². The summed E-state index contributed by atoms with van der Waals surface area (Å²) in [7, 11) is 0. The van der Waals surface area contributed by atoms with Gasteiger partial charge >= 0.3 is 6.03 Å². The molecule has 3 aromatic rings. The minimum atomic E-state index is -0.992. The maximum Gasteiger partial charge on any atom is 0.327 e. The average molecular weight is 495 g/mol. The van der Waals surface area contributed by atoms with Crippen molar-refractivity contribution >= 4 is 29.0 Å². The Morgan fingerprint density at radius 2 is 2.17 bits per heavy atom.